The highest BCUT2D eigenvalue weighted by atomic mass is 35.5. The second-order valence-corrected chi connectivity index (χ2v) is 7.33. The molecule has 4 nitrogen and oxygen atoms in total. The summed E-state index contributed by atoms with van der Waals surface area (Å²) in [4.78, 5) is 14.0. The highest BCUT2D eigenvalue weighted by Gasteiger charge is 2.29. The van der Waals surface area contributed by atoms with Crippen LogP contribution in [0.3, 0.4) is 0 Å². The maximum Gasteiger partial charge on any atom is 0.133 e. The molecule has 2 aliphatic rings. The van der Waals surface area contributed by atoms with Crippen molar-refractivity contribution in [3.05, 3.63) is 52.9 Å². The number of hydrogen-bond acceptors (Lipinski definition) is 4. The molecule has 1 saturated heterocycles. The molecule has 1 saturated carbocycles. The smallest absolute Gasteiger partial charge is 0.133 e. The Morgan fingerprint density at radius 2 is 2.04 bits per heavy atom. The number of likely N-dealkylation sites (N-methyl/N-ethyl adjacent to an activating group) is 1. The lowest BCUT2D eigenvalue weighted by Gasteiger charge is -2.26. The van der Waals surface area contributed by atoms with Crippen LogP contribution in [0.15, 0.2) is 36.5 Å². The van der Waals surface area contributed by atoms with Gasteiger partial charge in [0.15, 0.2) is 0 Å². The number of rotatable bonds is 5. The van der Waals surface area contributed by atoms with E-state index in [-0.39, 0.29) is 0 Å². The van der Waals surface area contributed by atoms with Gasteiger partial charge in [-0.15, -0.1) is 0 Å². The van der Waals surface area contributed by atoms with Crippen molar-refractivity contribution >= 4 is 17.4 Å². The molecule has 1 aromatic carbocycles. The van der Waals surface area contributed by atoms with Gasteiger partial charge in [-0.1, -0.05) is 29.8 Å². The molecule has 0 N–H and O–H groups in total. The van der Waals surface area contributed by atoms with Gasteiger partial charge in [-0.3, -0.25) is 4.90 Å². The molecule has 1 atom stereocenters. The topological polar surface area (TPSA) is 32.3 Å². The summed E-state index contributed by atoms with van der Waals surface area (Å²) >= 11 is 6.30. The van der Waals surface area contributed by atoms with E-state index < -0.39 is 0 Å². The van der Waals surface area contributed by atoms with Crippen LogP contribution in [0.4, 0.5) is 5.82 Å². The molecule has 2 fully saturated rings. The third-order valence-corrected chi connectivity index (χ3v) is 5.48. The van der Waals surface area contributed by atoms with Crippen molar-refractivity contribution in [1.82, 2.24) is 14.9 Å². The van der Waals surface area contributed by atoms with Crippen LogP contribution in [0, 0.1) is 0 Å². The Balaban J connectivity index is 1.41. The van der Waals surface area contributed by atoms with Gasteiger partial charge in [0.05, 0.1) is 0 Å². The first-order valence-electron chi connectivity index (χ1n) is 8.72. The summed E-state index contributed by atoms with van der Waals surface area (Å²) in [5.41, 5.74) is 1.21. The van der Waals surface area contributed by atoms with Crippen molar-refractivity contribution < 1.29 is 0 Å². The summed E-state index contributed by atoms with van der Waals surface area (Å²) in [7, 11) is 2.16. The Labute approximate surface area is 148 Å². The van der Waals surface area contributed by atoms with E-state index in [1.54, 1.807) is 0 Å². The molecular weight excluding hydrogens is 320 g/mol. The van der Waals surface area contributed by atoms with Gasteiger partial charge in [0.2, 0.25) is 0 Å². The molecular formula is C19H23ClN4. The third kappa shape index (κ3) is 3.40. The van der Waals surface area contributed by atoms with Crippen molar-refractivity contribution in [2.24, 2.45) is 0 Å². The molecule has 1 unspecified atom stereocenters. The zero-order chi connectivity index (χ0) is 16.5. The molecule has 2 heterocycles. The Morgan fingerprint density at radius 3 is 2.83 bits per heavy atom. The van der Waals surface area contributed by atoms with Crippen molar-refractivity contribution in [2.75, 3.05) is 25.0 Å². The minimum atomic E-state index is 0.495. The van der Waals surface area contributed by atoms with Crippen LogP contribution >= 0.6 is 11.6 Å². The van der Waals surface area contributed by atoms with Gasteiger partial charge in [0.1, 0.15) is 11.6 Å². The summed E-state index contributed by atoms with van der Waals surface area (Å²) in [6, 6.07) is 10.7. The number of halogens is 1. The molecule has 1 aromatic heterocycles. The summed E-state index contributed by atoms with van der Waals surface area (Å²) in [5.74, 6) is 2.67. The van der Waals surface area contributed by atoms with Crippen LogP contribution in [0.25, 0.3) is 0 Å². The van der Waals surface area contributed by atoms with Crippen molar-refractivity contribution in [1.29, 1.82) is 0 Å². The van der Waals surface area contributed by atoms with Crippen molar-refractivity contribution in [3.8, 4) is 0 Å². The minimum absolute atomic E-state index is 0.495. The van der Waals surface area contributed by atoms with E-state index in [1.807, 2.05) is 24.4 Å². The van der Waals surface area contributed by atoms with Crippen molar-refractivity contribution in [2.45, 2.75) is 37.8 Å². The monoisotopic (exact) mass is 342 g/mol. The van der Waals surface area contributed by atoms with Gasteiger partial charge in [-0.2, -0.15) is 0 Å². The zero-order valence-corrected chi connectivity index (χ0v) is 14.8. The fraction of sp³-hybridized carbons (Fsp3) is 0.474. The number of likely N-dealkylation sites (tertiary alicyclic amines) is 1. The summed E-state index contributed by atoms with van der Waals surface area (Å²) in [6.07, 6.45) is 5.54. The zero-order valence-electron chi connectivity index (χ0n) is 14.0. The summed E-state index contributed by atoms with van der Waals surface area (Å²) in [5, 5.41) is 0.860. The molecule has 24 heavy (non-hydrogen) atoms. The average Bonchev–Trinajstić information content (AvgIpc) is 3.36. The van der Waals surface area contributed by atoms with E-state index in [4.69, 9.17) is 16.6 Å². The molecule has 126 valence electrons. The number of benzene rings is 1. The van der Waals surface area contributed by atoms with Crippen LogP contribution in [-0.2, 0) is 6.54 Å². The maximum absolute atomic E-state index is 6.30. The van der Waals surface area contributed by atoms with Crippen LogP contribution < -0.4 is 4.90 Å². The maximum atomic E-state index is 6.30. The first kappa shape index (κ1) is 15.9. The van der Waals surface area contributed by atoms with Gasteiger partial charge in [-0.25, -0.2) is 9.97 Å². The highest BCUT2D eigenvalue weighted by Crippen LogP contribution is 2.38. The molecule has 2 aromatic rings. The second-order valence-electron chi connectivity index (χ2n) is 6.93. The first-order valence-corrected chi connectivity index (χ1v) is 9.10. The third-order valence-electron chi connectivity index (χ3n) is 5.11. The molecule has 0 radical (unpaired) electrons. The number of hydrogen-bond donors (Lipinski definition) is 0. The van der Waals surface area contributed by atoms with Crippen LogP contribution in [0.5, 0.6) is 0 Å². The fourth-order valence-electron chi connectivity index (χ4n) is 3.42. The average molecular weight is 343 g/mol. The highest BCUT2D eigenvalue weighted by molar-refractivity contribution is 6.31. The lowest BCUT2D eigenvalue weighted by atomic mass is 10.2. The van der Waals surface area contributed by atoms with E-state index in [2.05, 4.69) is 34.0 Å². The second kappa shape index (κ2) is 6.69. The van der Waals surface area contributed by atoms with Crippen LogP contribution in [0.1, 0.15) is 36.6 Å². The van der Waals surface area contributed by atoms with Gasteiger partial charge in [-0.05, 0) is 37.0 Å². The quantitative estimate of drug-likeness (QED) is 0.829. The molecule has 0 bridgehead atoms. The van der Waals surface area contributed by atoms with E-state index in [9.17, 15) is 0 Å². The lowest BCUT2D eigenvalue weighted by molar-refractivity contribution is 0.326. The predicted molar refractivity (Wildman–Crippen MR) is 97.5 cm³/mol. The minimum Gasteiger partial charge on any atom is -0.355 e. The fourth-order valence-corrected chi connectivity index (χ4v) is 3.62. The van der Waals surface area contributed by atoms with Gasteiger partial charge in [0.25, 0.3) is 0 Å². The van der Waals surface area contributed by atoms with Gasteiger partial charge >= 0.3 is 0 Å². The predicted octanol–water partition coefficient (Wildman–Crippen LogP) is 3.72. The molecule has 0 amide bonds. The van der Waals surface area contributed by atoms with Gasteiger partial charge < -0.3 is 4.90 Å². The molecule has 1 aliphatic heterocycles. The number of nitrogens with zero attached hydrogens (tertiary/aromatic N) is 4. The molecule has 1 aliphatic carbocycles. The SMILES string of the molecule is CN(c1ccnc(C2CC2)n1)C1CCN(Cc2ccccc2Cl)C1. The van der Waals surface area contributed by atoms with E-state index in [0.29, 0.717) is 12.0 Å². The Bertz CT molecular complexity index is 716. The standard InChI is InChI=1S/C19H23ClN4/c1-23(18-8-10-21-19(22-18)14-6-7-14)16-9-11-24(13-16)12-15-4-2-3-5-17(15)20/h2-5,8,10,14,16H,6-7,9,11-13H2,1H3. The van der Waals surface area contributed by atoms with Crippen LogP contribution in [0.2, 0.25) is 5.02 Å². The summed E-state index contributed by atoms with van der Waals surface area (Å²) < 4.78 is 0. The molecule has 5 heteroatoms. The number of anilines is 1. The molecule has 0 spiro atoms. The summed E-state index contributed by atoms with van der Waals surface area (Å²) in [6.45, 7) is 3.06. The number of aromatic nitrogens is 2. The van der Waals surface area contributed by atoms with Gasteiger partial charge in [0, 0.05) is 49.9 Å². The van der Waals surface area contributed by atoms with E-state index in [0.717, 1.165) is 42.7 Å². The lowest BCUT2D eigenvalue weighted by Crippen LogP contribution is -2.35. The normalized spacial score (nSPS) is 21.2. The van der Waals surface area contributed by atoms with Crippen LogP contribution in [-0.4, -0.2) is 41.0 Å². The Morgan fingerprint density at radius 1 is 1.21 bits per heavy atom. The van der Waals surface area contributed by atoms with E-state index >= 15 is 0 Å². The molecule has 4 rings (SSSR count). The Kier molecular flexibility index (Phi) is 4.42. The largest absolute Gasteiger partial charge is 0.355 e. The van der Waals surface area contributed by atoms with Crippen molar-refractivity contribution in [3.63, 3.8) is 0 Å². The first-order chi connectivity index (χ1) is 11.7. The Hall–Kier alpha value is -1.65. The van der Waals surface area contributed by atoms with E-state index in [1.165, 1.54) is 18.4 Å².